The Balaban J connectivity index is 2.45. The predicted octanol–water partition coefficient (Wildman–Crippen LogP) is 3.02. The van der Waals surface area contributed by atoms with Crippen molar-refractivity contribution < 1.29 is 4.79 Å². The van der Waals surface area contributed by atoms with E-state index in [1.54, 1.807) is 0 Å². The lowest BCUT2D eigenvalue weighted by Gasteiger charge is -2.13. The van der Waals surface area contributed by atoms with Gasteiger partial charge in [0.25, 0.3) is 0 Å². The molecule has 0 saturated heterocycles. The quantitative estimate of drug-likeness (QED) is 0.810. The Morgan fingerprint density at radius 2 is 2.25 bits per heavy atom. The van der Waals surface area contributed by atoms with Crippen LogP contribution in [0, 0.1) is 0 Å². The number of hydrogen-bond donors (Lipinski definition) is 1. The Morgan fingerprint density at radius 1 is 1.50 bits per heavy atom. The van der Waals surface area contributed by atoms with Crippen LogP contribution in [-0.4, -0.2) is 17.8 Å². The maximum absolute atomic E-state index is 11.3. The molecule has 1 aromatic carbocycles. The van der Waals surface area contributed by atoms with Gasteiger partial charge >= 0.3 is 0 Å². The van der Waals surface area contributed by atoms with E-state index < -0.39 is 0 Å². The van der Waals surface area contributed by atoms with Gasteiger partial charge in [0.15, 0.2) is 0 Å². The average Bonchev–Trinajstić information content (AvgIpc) is 2.17. The summed E-state index contributed by atoms with van der Waals surface area (Å²) in [5.41, 5.74) is 1.12. The van der Waals surface area contributed by atoms with Crippen molar-refractivity contribution in [2.45, 2.75) is 25.8 Å². The van der Waals surface area contributed by atoms with Gasteiger partial charge in [-0.05, 0) is 31.0 Å². The molecule has 1 N–H and O–H groups in total. The summed E-state index contributed by atoms with van der Waals surface area (Å²) in [6, 6.07) is 7.74. The molecule has 1 amide bonds. The van der Waals surface area contributed by atoms with Gasteiger partial charge in [-0.1, -0.05) is 23.7 Å². The van der Waals surface area contributed by atoms with Gasteiger partial charge < -0.3 is 5.32 Å². The number of rotatable bonds is 5. The summed E-state index contributed by atoms with van der Waals surface area (Å²) in [6.07, 6.45) is 1.13. The van der Waals surface area contributed by atoms with Crippen LogP contribution in [-0.2, 0) is 11.2 Å². The Hall–Kier alpha value is -0.730. The monoisotopic (exact) mass is 259 g/mol. The zero-order valence-electron chi connectivity index (χ0n) is 9.17. The first-order valence-corrected chi connectivity index (χ1v) is 6.13. The second-order valence-corrected chi connectivity index (χ2v) is 4.56. The van der Waals surface area contributed by atoms with Crippen molar-refractivity contribution in [3.05, 3.63) is 34.9 Å². The minimum absolute atomic E-state index is 0.00970. The Labute approximate surface area is 106 Å². The van der Waals surface area contributed by atoms with E-state index in [4.69, 9.17) is 23.2 Å². The fourth-order valence-electron chi connectivity index (χ4n) is 1.50. The van der Waals surface area contributed by atoms with Gasteiger partial charge in [0, 0.05) is 23.4 Å². The van der Waals surface area contributed by atoms with E-state index in [-0.39, 0.29) is 11.9 Å². The molecular formula is C12H15Cl2NO. The molecule has 1 unspecified atom stereocenters. The van der Waals surface area contributed by atoms with Gasteiger partial charge in [0.2, 0.25) is 5.91 Å². The lowest BCUT2D eigenvalue weighted by Crippen LogP contribution is -2.34. The molecule has 88 valence electrons. The molecule has 1 aromatic rings. The third kappa shape index (κ3) is 4.86. The lowest BCUT2D eigenvalue weighted by atomic mass is 10.1. The molecule has 0 bridgehead atoms. The molecule has 0 aliphatic rings. The van der Waals surface area contributed by atoms with Gasteiger partial charge in [-0.15, -0.1) is 11.6 Å². The second-order valence-electron chi connectivity index (χ2n) is 3.74. The minimum Gasteiger partial charge on any atom is -0.353 e. The fraction of sp³-hybridized carbons (Fsp3) is 0.417. The zero-order chi connectivity index (χ0) is 12.0. The molecule has 1 rings (SSSR count). The highest BCUT2D eigenvalue weighted by Crippen LogP contribution is 2.12. The van der Waals surface area contributed by atoms with Crippen molar-refractivity contribution in [3.8, 4) is 0 Å². The Bertz CT molecular complexity index is 355. The third-order valence-electron chi connectivity index (χ3n) is 2.16. The van der Waals surface area contributed by atoms with Crippen molar-refractivity contribution in [2.75, 3.05) is 5.88 Å². The van der Waals surface area contributed by atoms with Crippen molar-refractivity contribution in [3.63, 3.8) is 0 Å². The number of alkyl halides is 1. The number of hydrogen-bond acceptors (Lipinski definition) is 1. The summed E-state index contributed by atoms with van der Waals surface area (Å²) in [4.78, 5) is 11.3. The largest absolute Gasteiger partial charge is 0.353 e. The SMILES string of the molecule is CC(Cc1cccc(Cl)c1)NC(=O)CCCl. The summed E-state index contributed by atoms with van der Waals surface area (Å²) in [6.45, 7) is 1.97. The van der Waals surface area contributed by atoms with Gasteiger partial charge in [-0.2, -0.15) is 0 Å². The number of amides is 1. The average molecular weight is 260 g/mol. The van der Waals surface area contributed by atoms with E-state index in [0.717, 1.165) is 17.0 Å². The standard InChI is InChI=1S/C12H15Cl2NO/c1-9(15-12(16)5-6-13)7-10-3-2-4-11(14)8-10/h2-4,8-9H,5-7H2,1H3,(H,15,16). The molecule has 2 nitrogen and oxygen atoms in total. The van der Waals surface area contributed by atoms with E-state index in [9.17, 15) is 4.79 Å². The smallest absolute Gasteiger partial charge is 0.221 e. The van der Waals surface area contributed by atoms with Crippen molar-refractivity contribution in [1.29, 1.82) is 0 Å². The van der Waals surface area contributed by atoms with E-state index in [0.29, 0.717) is 12.3 Å². The van der Waals surface area contributed by atoms with Crippen molar-refractivity contribution in [1.82, 2.24) is 5.32 Å². The van der Waals surface area contributed by atoms with Crippen LogP contribution in [0.1, 0.15) is 18.9 Å². The maximum Gasteiger partial charge on any atom is 0.221 e. The van der Waals surface area contributed by atoms with Crippen LogP contribution in [0.2, 0.25) is 5.02 Å². The van der Waals surface area contributed by atoms with Crippen molar-refractivity contribution >= 4 is 29.1 Å². The number of carbonyl (C=O) groups excluding carboxylic acids is 1. The van der Waals surface area contributed by atoms with Crippen LogP contribution in [0.15, 0.2) is 24.3 Å². The zero-order valence-corrected chi connectivity index (χ0v) is 10.7. The molecule has 0 spiro atoms. The summed E-state index contributed by atoms with van der Waals surface area (Å²) in [5.74, 6) is 0.347. The lowest BCUT2D eigenvalue weighted by molar-refractivity contribution is -0.121. The topological polar surface area (TPSA) is 29.1 Å². The Morgan fingerprint density at radius 3 is 2.88 bits per heavy atom. The maximum atomic E-state index is 11.3. The Kier molecular flexibility index (Phi) is 5.64. The van der Waals surface area contributed by atoms with E-state index in [1.807, 2.05) is 31.2 Å². The highest BCUT2D eigenvalue weighted by molar-refractivity contribution is 6.30. The first-order chi connectivity index (χ1) is 7.61. The van der Waals surface area contributed by atoms with Crippen LogP contribution >= 0.6 is 23.2 Å². The van der Waals surface area contributed by atoms with Crippen LogP contribution in [0.3, 0.4) is 0 Å². The van der Waals surface area contributed by atoms with Gasteiger partial charge in [-0.3, -0.25) is 4.79 Å². The van der Waals surface area contributed by atoms with Crippen LogP contribution in [0.4, 0.5) is 0 Å². The first kappa shape index (κ1) is 13.3. The van der Waals surface area contributed by atoms with Crippen LogP contribution in [0.5, 0.6) is 0 Å². The van der Waals surface area contributed by atoms with Gasteiger partial charge in [-0.25, -0.2) is 0 Å². The van der Waals surface area contributed by atoms with Gasteiger partial charge in [0.1, 0.15) is 0 Å². The molecule has 0 radical (unpaired) electrons. The highest BCUT2D eigenvalue weighted by atomic mass is 35.5. The third-order valence-corrected chi connectivity index (χ3v) is 2.58. The van der Waals surface area contributed by atoms with Crippen LogP contribution < -0.4 is 5.32 Å². The molecule has 0 aromatic heterocycles. The molecule has 0 aliphatic heterocycles. The number of halogens is 2. The molecule has 4 heteroatoms. The summed E-state index contributed by atoms with van der Waals surface area (Å²) in [7, 11) is 0. The molecule has 0 fully saturated rings. The van der Waals surface area contributed by atoms with E-state index in [2.05, 4.69) is 5.32 Å². The molecule has 0 heterocycles. The van der Waals surface area contributed by atoms with Gasteiger partial charge in [0.05, 0.1) is 0 Å². The van der Waals surface area contributed by atoms with E-state index >= 15 is 0 Å². The highest BCUT2D eigenvalue weighted by Gasteiger charge is 2.07. The molecule has 1 atom stereocenters. The molecule has 16 heavy (non-hydrogen) atoms. The second kappa shape index (κ2) is 6.77. The molecular weight excluding hydrogens is 245 g/mol. The van der Waals surface area contributed by atoms with Crippen LogP contribution in [0.25, 0.3) is 0 Å². The number of benzene rings is 1. The molecule has 0 aliphatic carbocycles. The predicted molar refractivity (Wildman–Crippen MR) is 68.1 cm³/mol. The normalized spacial score (nSPS) is 12.2. The summed E-state index contributed by atoms with van der Waals surface area (Å²) < 4.78 is 0. The first-order valence-electron chi connectivity index (χ1n) is 5.21. The van der Waals surface area contributed by atoms with Crippen molar-refractivity contribution in [2.24, 2.45) is 0 Å². The minimum atomic E-state index is -0.00970. The van der Waals surface area contributed by atoms with E-state index in [1.165, 1.54) is 0 Å². The molecule has 0 saturated carbocycles. The summed E-state index contributed by atoms with van der Waals surface area (Å²) in [5, 5.41) is 3.60. The fourth-order valence-corrected chi connectivity index (χ4v) is 1.89. The summed E-state index contributed by atoms with van der Waals surface area (Å²) >= 11 is 11.4. The number of nitrogens with one attached hydrogen (secondary N) is 1. The number of carbonyl (C=O) groups is 1.